The molecule has 0 bridgehead atoms. The summed E-state index contributed by atoms with van der Waals surface area (Å²) in [6.07, 6.45) is -7.04. The van der Waals surface area contributed by atoms with Gasteiger partial charge in [-0.05, 0) is 0 Å². The van der Waals surface area contributed by atoms with E-state index in [1.807, 2.05) is 0 Å². The Morgan fingerprint density at radius 3 is 1.67 bits per heavy atom. The van der Waals surface area contributed by atoms with Crippen LogP contribution in [-0.2, 0) is 4.74 Å². The summed E-state index contributed by atoms with van der Waals surface area (Å²) in [6, 6.07) is 0. The molecule has 0 aromatic rings. The van der Waals surface area contributed by atoms with E-state index in [1.165, 1.54) is 0 Å². The van der Waals surface area contributed by atoms with Gasteiger partial charge in [0, 0.05) is 0 Å². The molecule has 0 spiro atoms. The van der Waals surface area contributed by atoms with Crippen LogP contribution in [0.3, 0.4) is 0 Å². The summed E-state index contributed by atoms with van der Waals surface area (Å²) in [4.78, 5) is 0. The number of ether oxygens (including phenoxy) is 1. The average molecular weight is 290 g/mol. The highest BCUT2D eigenvalue weighted by molar-refractivity contribution is 5.86. The molecule has 0 aliphatic carbocycles. The van der Waals surface area contributed by atoms with Gasteiger partial charge in [0.15, 0.2) is 6.29 Å². The number of aliphatic hydroxyl groups is 5. The Kier molecular flexibility index (Phi) is 12.2. The van der Waals surface area contributed by atoms with E-state index < -0.39 is 37.3 Å². The maximum Gasteiger partial charge on any atom is 0.184 e. The summed E-state index contributed by atoms with van der Waals surface area (Å²) < 4.78 is 4.58. The normalized spacial score (nSPS) is 39.4. The summed E-state index contributed by atoms with van der Waals surface area (Å²) in [6.45, 7) is -0.526. The van der Waals surface area contributed by atoms with Gasteiger partial charge in [-0.15, -0.1) is 37.2 Å². The maximum atomic E-state index is 9.12. The van der Waals surface area contributed by atoms with Crippen molar-refractivity contribution in [3.63, 3.8) is 0 Å². The molecule has 0 radical (unpaired) electrons. The second kappa shape index (κ2) is 8.74. The Labute approximate surface area is 105 Å². The molecule has 0 amide bonds. The lowest BCUT2D eigenvalue weighted by Gasteiger charge is -2.37. The van der Waals surface area contributed by atoms with Crippen molar-refractivity contribution in [2.75, 3.05) is 6.61 Å². The Bertz CT molecular complexity index is 157. The van der Waals surface area contributed by atoms with Gasteiger partial charge < -0.3 is 30.3 Å². The third-order valence-corrected chi connectivity index (χ3v) is 1.87. The van der Waals surface area contributed by atoms with Gasteiger partial charge in [-0.25, -0.2) is 0 Å². The number of hydrogen-bond donors (Lipinski definition) is 5. The number of rotatable bonds is 1. The highest BCUT2D eigenvalue weighted by Gasteiger charge is 2.42. The van der Waals surface area contributed by atoms with E-state index in [1.54, 1.807) is 0 Å². The third kappa shape index (κ3) is 4.56. The molecule has 9 heteroatoms. The van der Waals surface area contributed by atoms with Crippen molar-refractivity contribution in [1.82, 2.24) is 0 Å². The predicted octanol–water partition coefficient (Wildman–Crippen LogP) is -1.96. The van der Waals surface area contributed by atoms with Gasteiger partial charge in [-0.2, -0.15) is 0 Å². The first-order valence-corrected chi connectivity index (χ1v) is 3.56. The SMILES string of the molecule is Cl.Cl.Cl.OC[C@H]1OC(O)[C@H](O)[C@@H](O)[C@@H]1O. The third-order valence-electron chi connectivity index (χ3n) is 1.87. The molecule has 0 saturated carbocycles. The summed E-state index contributed by atoms with van der Waals surface area (Å²) in [7, 11) is 0. The minimum atomic E-state index is -1.57. The van der Waals surface area contributed by atoms with Crippen LogP contribution in [-0.4, -0.2) is 62.8 Å². The second-order valence-corrected chi connectivity index (χ2v) is 2.72. The largest absolute Gasteiger partial charge is 0.394 e. The first-order chi connectivity index (χ1) is 5.57. The molecule has 0 aromatic carbocycles. The Morgan fingerprint density at radius 1 is 0.800 bits per heavy atom. The van der Waals surface area contributed by atoms with E-state index in [4.69, 9.17) is 25.5 Å². The lowest BCUT2D eigenvalue weighted by atomic mass is 10.00. The molecule has 5 atom stereocenters. The molecule has 6 nitrogen and oxygen atoms in total. The van der Waals surface area contributed by atoms with E-state index >= 15 is 0 Å². The number of aliphatic hydroxyl groups excluding tert-OH is 5. The molecule has 5 N–H and O–H groups in total. The van der Waals surface area contributed by atoms with Crippen LogP contribution in [0.25, 0.3) is 0 Å². The van der Waals surface area contributed by atoms with Gasteiger partial charge in [0.05, 0.1) is 6.61 Å². The Balaban J connectivity index is -0.000000480. The zero-order chi connectivity index (χ0) is 9.30. The number of halogens is 3. The van der Waals surface area contributed by atoms with E-state index in [0.29, 0.717) is 0 Å². The van der Waals surface area contributed by atoms with Gasteiger partial charge >= 0.3 is 0 Å². The van der Waals surface area contributed by atoms with Crippen molar-refractivity contribution < 1.29 is 30.3 Å². The van der Waals surface area contributed by atoms with E-state index in [9.17, 15) is 0 Å². The zero-order valence-electron chi connectivity index (χ0n) is 7.46. The molecule has 0 aromatic heterocycles. The first kappa shape index (κ1) is 21.0. The fourth-order valence-corrected chi connectivity index (χ4v) is 1.08. The molecule has 1 aliphatic rings. The second-order valence-electron chi connectivity index (χ2n) is 2.72. The van der Waals surface area contributed by atoms with Crippen LogP contribution < -0.4 is 0 Å². The maximum absolute atomic E-state index is 9.12. The van der Waals surface area contributed by atoms with Gasteiger partial charge in [0.2, 0.25) is 0 Å². The highest BCUT2D eigenvalue weighted by atomic mass is 35.5. The van der Waals surface area contributed by atoms with Crippen molar-refractivity contribution in [1.29, 1.82) is 0 Å². The topological polar surface area (TPSA) is 110 Å². The summed E-state index contributed by atoms with van der Waals surface area (Å²) in [5.41, 5.74) is 0. The lowest BCUT2D eigenvalue weighted by Crippen LogP contribution is -2.58. The minimum Gasteiger partial charge on any atom is -0.394 e. The van der Waals surface area contributed by atoms with Gasteiger partial charge in [-0.1, -0.05) is 0 Å². The molecule has 1 unspecified atom stereocenters. The van der Waals surface area contributed by atoms with Crippen LogP contribution in [0, 0.1) is 0 Å². The summed E-state index contributed by atoms with van der Waals surface area (Å²) in [5.74, 6) is 0. The van der Waals surface area contributed by atoms with Gasteiger partial charge in [-0.3, -0.25) is 0 Å². The summed E-state index contributed by atoms with van der Waals surface area (Å²) in [5, 5.41) is 44.7. The predicted molar refractivity (Wildman–Crippen MR) is 57.7 cm³/mol. The van der Waals surface area contributed by atoms with Crippen LogP contribution in [0.5, 0.6) is 0 Å². The highest BCUT2D eigenvalue weighted by Crippen LogP contribution is 2.18. The Morgan fingerprint density at radius 2 is 1.27 bits per heavy atom. The van der Waals surface area contributed by atoms with E-state index in [-0.39, 0.29) is 37.2 Å². The molecule has 1 rings (SSSR count). The molecule has 1 heterocycles. The molecular formula is C6H15Cl3O6. The molecule has 15 heavy (non-hydrogen) atoms. The minimum absolute atomic E-state index is 0. The fraction of sp³-hybridized carbons (Fsp3) is 1.00. The molecule has 1 fully saturated rings. The van der Waals surface area contributed by atoms with Crippen molar-refractivity contribution in [3.05, 3.63) is 0 Å². The molecular weight excluding hydrogens is 274 g/mol. The van der Waals surface area contributed by atoms with Crippen molar-refractivity contribution in [2.45, 2.75) is 30.7 Å². The lowest BCUT2D eigenvalue weighted by molar-refractivity contribution is -0.286. The monoisotopic (exact) mass is 288 g/mol. The van der Waals surface area contributed by atoms with E-state index in [0.717, 1.165) is 0 Å². The van der Waals surface area contributed by atoms with Crippen molar-refractivity contribution in [2.24, 2.45) is 0 Å². The quantitative estimate of drug-likeness (QED) is 0.384. The molecule has 1 saturated heterocycles. The van der Waals surface area contributed by atoms with Crippen molar-refractivity contribution >= 4 is 37.2 Å². The van der Waals surface area contributed by atoms with Crippen LogP contribution in [0.2, 0.25) is 0 Å². The standard InChI is InChI=1S/C6H12O6.3ClH/c7-1-2-3(8)4(9)5(10)6(11)12-2;;;/h2-11H,1H2;3*1H/t2-,3-,4+,5-,6?;;;/m1.../s1. The first-order valence-electron chi connectivity index (χ1n) is 3.56. The molecule has 96 valence electrons. The summed E-state index contributed by atoms with van der Waals surface area (Å²) >= 11 is 0. The average Bonchev–Trinajstić information content (AvgIpc) is 2.08. The van der Waals surface area contributed by atoms with Crippen LogP contribution in [0.4, 0.5) is 0 Å². The van der Waals surface area contributed by atoms with Gasteiger partial charge in [0.25, 0.3) is 0 Å². The van der Waals surface area contributed by atoms with E-state index in [2.05, 4.69) is 4.74 Å². The smallest absolute Gasteiger partial charge is 0.184 e. The van der Waals surface area contributed by atoms with Gasteiger partial charge in [0.1, 0.15) is 24.4 Å². The van der Waals surface area contributed by atoms with Crippen LogP contribution in [0.15, 0.2) is 0 Å². The fourth-order valence-electron chi connectivity index (χ4n) is 1.08. The van der Waals surface area contributed by atoms with Crippen LogP contribution in [0.1, 0.15) is 0 Å². The number of hydrogen-bond acceptors (Lipinski definition) is 6. The van der Waals surface area contributed by atoms with Crippen LogP contribution >= 0.6 is 37.2 Å². The zero-order valence-corrected chi connectivity index (χ0v) is 9.91. The van der Waals surface area contributed by atoms with Crippen molar-refractivity contribution in [3.8, 4) is 0 Å². The molecule has 1 aliphatic heterocycles. The Hall–Kier alpha value is 0.630.